The third-order valence-corrected chi connectivity index (χ3v) is 5.72. The second-order valence-electron chi connectivity index (χ2n) is 4.71. The molecule has 118 valence electrons. The number of rotatable bonds is 4. The molecule has 2 aromatic heterocycles. The van der Waals surface area contributed by atoms with Crippen LogP contribution in [0.2, 0.25) is 0 Å². The minimum Gasteiger partial charge on any atom is -0.477 e. The summed E-state index contributed by atoms with van der Waals surface area (Å²) in [6, 6.07) is 10.7. The topological polar surface area (TPSA) is 89.3 Å². The first kappa shape index (κ1) is 15.6. The average molecular weight is 348 g/mol. The van der Waals surface area contributed by atoms with E-state index in [1.165, 1.54) is 36.2 Å². The van der Waals surface area contributed by atoms with Crippen LogP contribution in [-0.4, -0.2) is 34.7 Å². The molecule has 0 saturated carbocycles. The summed E-state index contributed by atoms with van der Waals surface area (Å²) in [5.41, 5.74) is -0.237. The van der Waals surface area contributed by atoms with Crippen LogP contribution in [0.25, 0.3) is 11.0 Å². The minimum atomic E-state index is -4.05. The molecular weight excluding hydrogens is 336 g/mol. The standard InChI is InChI=1S/C15H12N2O4S2/c1-22-11-7-10-8-13(15(18)19)17(14(10)16-9-11)23(20,21)12-5-3-2-4-6-12/h2-9H,1H3,(H,18,19). The van der Waals surface area contributed by atoms with Gasteiger partial charge in [0.2, 0.25) is 0 Å². The van der Waals surface area contributed by atoms with Gasteiger partial charge in [-0.25, -0.2) is 22.2 Å². The quantitative estimate of drug-likeness (QED) is 0.729. The lowest BCUT2D eigenvalue weighted by Crippen LogP contribution is -2.18. The number of hydrogen-bond donors (Lipinski definition) is 1. The maximum Gasteiger partial charge on any atom is 0.353 e. The van der Waals surface area contributed by atoms with E-state index in [0.29, 0.717) is 5.39 Å². The highest BCUT2D eigenvalue weighted by Gasteiger charge is 2.27. The van der Waals surface area contributed by atoms with Crippen molar-refractivity contribution in [2.75, 3.05) is 6.26 Å². The van der Waals surface area contributed by atoms with E-state index in [0.717, 1.165) is 8.87 Å². The molecule has 0 unspecified atom stereocenters. The highest BCUT2D eigenvalue weighted by molar-refractivity contribution is 7.98. The van der Waals surface area contributed by atoms with Crippen molar-refractivity contribution in [1.82, 2.24) is 8.96 Å². The first-order valence-corrected chi connectivity index (χ1v) is 9.21. The van der Waals surface area contributed by atoms with Gasteiger partial charge in [-0.2, -0.15) is 0 Å². The van der Waals surface area contributed by atoms with Crippen LogP contribution < -0.4 is 0 Å². The molecule has 6 nitrogen and oxygen atoms in total. The fourth-order valence-corrected chi connectivity index (χ4v) is 4.14. The summed E-state index contributed by atoms with van der Waals surface area (Å²) in [6.07, 6.45) is 3.38. The maximum atomic E-state index is 12.8. The molecule has 0 aliphatic rings. The van der Waals surface area contributed by atoms with Gasteiger partial charge >= 0.3 is 5.97 Å². The van der Waals surface area contributed by atoms with Crippen molar-refractivity contribution in [1.29, 1.82) is 0 Å². The average Bonchev–Trinajstić information content (AvgIpc) is 2.95. The van der Waals surface area contributed by atoms with Crippen molar-refractivity contribution in [3.05, 3.63) is 54.4 Å². The van der Waals surface area contributed by atoms with Gasteiger partial charge in [-0.05, 0) is 30.5 Å². The van der Waals surface area contributed by atoms with Crippen LogP contribution in [0.3, 0.4) is 0 Å². The number of thioether (sulfide) groups is 1. The van der Waals surface area contributed by atoms with Gasteiger partial charge in [-0.3, -0.25) is 0 Å². The third-order valence-electron chi connectivity index (χ3n) is 3.31. The summed E-state index contributed by atoms with van der Waals surface area (Å²) in [5, 5.41) is 9.85. The molecule has 2 heterocycles. The second-order valence-corrected chi connectivity index (χ2v) is 7.37. The van der Waals surface area contributed by atoms with E-state index >= 15 is 0 Å². The Labute approximate surface area is 136 Å². The molecule has 0 aliphatic carbocycles. The summed E-state index contributed by atoms with van der Waals surface area (Å²) in [7, 11) is -4.05. The lowest BCUT2D eigenvalue weighted by atomic mass is 10.3. The highest BCUT2D eigenvalue weighted by atomic mass is 32.2. The van der Waals surface area contributed by atoms with E-state index in [9.17, 15) is 18.3 Å². The SMILES string of the molecule is CSc1cnc2c(c1)cc(C(=O)O)n2S(=O)(=O)c1ccccc1. The second kappa shape index (κ2) is 5.71. The van der Waals surface area contributed by atoms with Gasteiger partial charge in [0.15, 0.2) is 5.65 Å². The molecule has 3 aromatic rings. The molecule has 0 aliphatic heterocycles. The number of carboxylic acid groups (broad SMARTS) is 1. The predicted octanol–water partition coefficient (Wildman–Crippen LogP) is 2.69. The molecule has 0 amide bonds. The van der Waals surface area contributed by atoms with Crippen molar-refractivity contribution in [3.63, 3.8) is 0 Å². The van der Waals surface area contributed by atoms with E-state index < -0.39 is 16.0 Å². The summed E-state index contributed by atoms with van der Waals surface area (Å²) < 4.78 is 26.5. The van der Waals surface area contributed by atoms with Crippen LogP contribution in [0.15, 0.2) is 58.5 Å². The Morgan fingerprint density at radius 2 is 1.91 bits per heavy atom. The lowest BCUT2D eigenvalue weighted by Gasteiger charge is -2.09. The fraction of sp³-hybridized carbons (Fsp3) is 0.0667. The molecule has 1 N–H and O–H groups in total. The maximum absolute atomic E-state index is 12.8. The van der Waals surface area contributed by atoms with E-state index in [1.54, 1.807) is 24.3 Å². The Bertz CT molecular complexity index is 995. The molecule has 23 heavy (non-hydrogen) atoms. The molecule has 0 spiro atoms. The van der Waals surface area contributed by atoms with E-state index in [4.69, 9.17) is 0 Å². The van der Waals surface area contributed by atoms with E-state index in [1.807, 2.05) is 6.26 Å². The summed E-state index contributed by atoms with van der Waals surface area (Å²) >= 11 is 1.44. The van der Waals surface area contributed by atoms with Crippen molar-refractivity contribution in [2.45, 2.75) is 9.79 Å². The van der Waals surface area contributed by atoms with Gasteiger partial charge in [0.05, 0.1) is 4.90 Å². The molecule has 0 bridgehead atoms. The van der Waals surface area contributed by atoms with E-state index in [2.05, 4.69) is 4.98 Å². The number of carbonyl (C=O) groups is 1. The van der Waals surface area contributed by atoms with Crippen LogP contribution in [0.5, 0.6) is 0 Å². The van der Waals surface area contributed by atoms with Crippen LogP contribution >= 0.6 is 11.8 Å². The monoisotopic (exact) mass is 348 g/mol. The van der Waals surface area contributed by atoms with E-state index in [-0.39, 0.29) is 16.2 Å². The predicted molar refractivity (Wildman–Crippen MR) is 87.5 cm³/mol. The molecule has 1 aromatic carbocycles. The number of hydrogen-bond acceptors (Lipinski definition) is 5. The molecule has 0 saturated heterocycles. The number of benzene rings is 1. The Morgan fingerprint density at radius 1 is 1.22 bits per heavy atom. The highest BCUT2D eigenvalue weighted by Crippen LogP contribution is 2.27. The summed E-state index contributed by atoms with van der Waals surface area (Å²) in [4.78, 5) is 16.5. The number of fused-ring (bicyclic) bond motifs is 1. The first-order chi connectivity index (χ1) is 10.9. The van der Waals surface area contributed by atoms with Crippen LogP contribution in [-0.2, 0) is 10.0 Å². The van der Waals surface area contributed by atoms with Crippen molar-refractivity contribution in [2.24, 2.45) is 0 Å². The zero-order valence-corrected chi connectivity index (χ0v) is 13.6. The minimum absolute atomic E-state index is 0.00995. The van der Waals surface area contributed by atoms with Crippen molar-refractivity contribution < 1.29 is 18.3 Å². The molecule has 3 rings (SSSR count). The van der Waals surface area contributed by atoms with Crippen molar-refractivity contribution in [3.8, 4) is 0 Å². The van der Waals surface area contributed by atoms with Gasteiger partial charge in [0, 0.05) is 16.5 Å². The van der Waals surface area contributed by atoms with Crippen LogP contribution in [0, 0.1) is 0 Å². The fourth-order valence-electron chi connectivity index (χ4n) is 2.25. The zero-order valence-electron chi connectivity index (χ0n) is 12.0. The number of nitrogens with zero attached hydrogens (tertiary/aromatic N) is 2. The Morgan fingerprint density at radius 3 is 2.52 bits per heavy atom. The van der Waals surface area contributed by atoms with Gasteiger partial charge in [0.1, 0.15) is 5.69 Å². The first-order valence-electron chi connectivity index (χ1n) is 6.54. The Hall–Kier alpha value is -2.32. The largest absolute Gasteiger partial charge is 0.477 e. The van der Waals surface area contributed by atoms with Gasteiger partial charge in [0.25, 0.3) is 10.0 Å². The van der Waals surface area contributed by atoms with Gasteiger partial charge < -0.3 is 5.11 Å². The molecule has 0 radical (unpaired) electrons. The Kier molecular flexibility index (Phi) is 3.87. The smallest absolute Gasteiger partial charge is 0.353 e. The zero-order chi connectivity index (χ0) is 16.6. The number of aromatic carboxylic acids is 1. The van der Waals surface area contributed by atoms with Crippen LogP contribution in [0.1, 0.15) is 10.5 Å². The van der Waals surface area contributed by atoms with Gasteiger partial charge in [-0.1, -0.05) is 18.2 Å². The number of carboxylic acids is 1. The normalized spacial score (nSPS) is 11.7. The number of aromatic nitrogens is 2. The summed E-state index contributed by atoms with van der Waals surface area (Å²) in [5.74, 6) is -1.33. The summed E-state index contributed by atoms with van der Waals surface area (Å²) in [6.45, 7) is 0. The number of pyridine rings is 1. The third kappa shape index (κ3) is 2.60. The molecule has 0 fully saturated rings. The Balaban J connectivity index is 2.36. The lowest BCUT2D eigenvalue weighted by molar-refractivity contribution is 0.0689. The molecule has 8 heteroatoms. The van der Waals surface area contributed by atoms with Crippen LogP contribution in [0.4, 0.5) is 0 Å². The molecular formula is C15H12N2O4S2. The molecule has 0 atom stereocenters. The van der Waals surface area contributed by atoms with Crippen molar-refractivity contribution >= 4 is 38.8 Å². The van der Waals surface area contributed by atoms with Gasteiger partial charge in [-0.15, -0.1) is 11.8 Å².